The molecule has 1 aliphatic heterocycles. The number of urea groups is 1. The van der Waals surface area contributed by atoms with Gasteiger partial charge in [0, 0.05) is 31.7 Å². The molecular weight excluding hydrogens is 336 g/mol. The van der Waals surface area contributed by atoms with Crippen LogP contribution in [0.25, 0.3) is 0 Å². The lowest BCUT2D eigenvalue weighted by Crippen LogP contribution is -2.52. The molecule has 1 fully saturated rings. The molecule has 3 heterocycles. The molecule has 1 aliphatic rings. The number of likely N-dealkylation sites (tertiary alicyclic amines) is 1. The monoisotopic (exact) mass is 360 g/mol. The smallest absolute Gasteiger partial charge is 0.317 e. The van der Waals surface area contributed by atoms with Gasteiger partial charge in [0.2, 0.25) is 0 Å². The number of hydrogen-bond donors (Lipinski definition) is 1. The molecule has 8 nitrogen and oxygen atoms in total. The first-order valence-corrected chi connectivity index (χ1v) is 8.72. The molecule has 3 amide bonds. The number of carbonyl (C=O) groups excluding carboxylic acids is 2. The molecule has 26 heavy (non-hydrogen) atoms. The van der Waals surface area contributed by atoms with Crippen LogP contribution in [-0.4, -0.2) is 53.1 Å². The molecule has 1 saturated heterocycles. The van der Waals surface area contributed by atoms with Crippen molar-refractivity contribution in [2.45, 2.75) is 39.3 Å². The number of aromatic nitrogens is 1. The van der Waals surface area contributed by atoms with E-state index in [0.29, 0.717) is 25.4 Å². The molecule has 0 saturated carbocycles. The number of piperidine rings is 1. The molecule has 1 atom stereocenters. The topological polar surface area (TPSA) is 91.8 Å². The van der Waals surface area contributed by atoms with Crippen LogP contribution in [0.2, 0.25) is 0 Å². The standard InChI is InChI=1S/C18H24N4O4/c1-12-15(13(2)26-20-12)11-21(3)18(24)19-14-6-4-8-22(10-14)17(23)16-7-5-9-25-16/h5,7,9,14H,4,6,8,10-11H2,1-3H3,(H,19,24)/t14-/m0/s1. The van der Waals surface area contributed by atoms with Gasteiger partial charge in [0.05, 0.1) is 18.5 Å². The second kappa shape index (κ2) is 7.63. The zero-order valence-corrected chi connectivity index (χ0v) is 15.3. The second-order valence-corrected chi connectivity index (χ2v) is 6.68. The van der Waals surface area contributed by atoms with Crippen LogP contribution in [0.5, 0.6) is 0 Å². The maximum atomic E-state index is 12.5. The van der Waals surface area contributed by atoms with Gasteiger partial charge in [-0.1, -0.05) is 5.16 Å². The lowest BCUT2D eigenvalue weighted by molar-refractivity contribution is 0.0663. The number of hydrogen-bond acceptors (Lipinski definition) is 5. The fourth-order valence-electron chi connectivity index (χ4n) is 3.16. The molecule has 2 aromatic heterocycles. The van der Waals surface area contributed by atoms with E-state index in [4.69, 9.17) is 8.94 Å². The van der Waals surface area contributed by atoms with Crippen LogP contribution < -0.4 is 5.32 Å². The molecule has 1 N–H and O–H groups in total. The number of aryl methyl sites for hydroxylation is 2. The Morgan fingerprint density at radius 2 is 2.23 bits per heavy atom. The molecule has 2 aromatic rings. The number of nitrogens with zero attached hydrogens (tertiary/aromatic N) is 3. The number of amides is 3. The fraction of sp³-hybridized carbons (Fsp3) is 0.500. The van der Waals surface area contributed by atoms with Crippen molar-refractivity contribution in [3.05, 3.63) is 41.2 Å². The van der Waals surface area contributed by atoms with Crippen molar-refractivity contribution in [1.82, 2.24) is 20.3 Å². The Balaban J connectivity index is 1.56. The number of furan rings is 1. The molecule has 0 unspecified atom stereocenters. The van der Waals surface area contributed by atoms with E-state index in [-0.39, 0.29) is 18.0 Å². The Morgan fingerprint density at radius 1 is 1.42 bits per heavy atom. The van der Waals surface area contributed by atoms with Crippen LogP contribution in [0.15, 0.2) is 27.3 Å². The highest BCUT2D eigenvalue weighted by atomic mass is 16.5. The first kappa shape index (κ1) is 18.0. The van der Waals surface area contributed by atoms with Gasteiger partial charge in [0.25, 0.3) is 5.91 Å². The van der Waals surface area contributed by atoms with Gasteiger partial charge in [-0.25, -0.2) is 4.79 Å². The summed E-state index contributed by atoms with van der Waals surface area (Å²) in [6.45, 7) is 5.26. The van der Waals surface area contributed by atoms with Crippen molar-refractivity contribution in [1.29, 1.82) is 0 Å². The van der Waals surface area contributed by atoms with E-state index in [1.165, 1.54) is 6.26 Å². The summed E-state index contributed by atoms with van der Waals surface area (Å²) < 4.78 is 10.3. The Labute approximate surface area is 152 Å². The van der Waals surface area contributed by atoms with Gasteiger partial charge in [-0.05, 0) is 38.8 Å². The van der Waals surface area contributed by atoms with Crippen molar-refractivity contribution >= 4 is 11.9 Å². The minimum absolute atomic E-state index is 0.0812. The van der Waals surface area contributed by atoms with Gasteiger partial charge in [0.1, 0.15) is 5.76 Å². The van der Waals surface area contributed by atoms with E-state index in [9.17, 15) is 9.59 Å². The lowest BCUT2D eigenvalue weighted by atomic mass is 10.1. The van der Waals surface area contributed by atoms with Crippen molar-refractivity contribution in [2.75, 3.05) is 20.1 Å². The Kier molecular flexibility index (Phi) is 5.29. The van der Waals surface area contributed by atoms with Crippen molar-refractivity contribution in [2.24, 2.45) is 0 Å². The van der Waals surface area contributed by atoms with E-state index in [2.05, 4.69) is 10.5 Å². The second-order valence-electron chi connectivity index (χ2n) is 6.68. The van der Waals surface area contributed by atoms with Crippen molar-refractivity contribution in [3.8, 4) is 0 Å². The molecule has 0 spiro atoms. The van der Waals surface area contributed by atoms with Gasteiger partial charge in [-0.15, -0.1) is 0 Å². The third kappa shape index (κ3) is 3.89. The summed E-state index contributed by atoms with van der Waals surface area (Å²) >= 11 is 0. The minimum atomic E-state index is -0.178. The summed E-state index contributed by atoms with van der Waals surface area (Å²) in [5.74, 6) is 0.903. The van der Waals surface area contributed by atoms with Crippen LogP contribution in [0.1, 0.15) is 40.4 Å². The molecule has 0 aromatic carbocycles. The first-order valence-electron chi connectivity index (χ1n) is 8.72. The number of rotatable bonds is 4. The largest absolute Gasteiger partial charge is 0.459 e. The highest BCUT2D eigenvalue weighted by Crippen LogP contribution is 2.16. The van der Waals surface area contributed by atoms with Gasteiger partial charge in [-0.3, -0.25) is 4.79 Å². The van der Waals surface area contributed by atoms with E-state index in [0.717, 1.165) is 29.9 Å². The van der Waals surface area contributed by atoms with Crippen LogP contribution in [0.3, 0.4) is 0 Å². The summed E-state index contributed by atoms with van der Waals surface area (Å²) in [5, 5.41) is 6.92. The summed E-state index contributed by atoms with van der Waals surface area (Å²) in [4.78, 5) is 28.2. The third-order valence-corrected chi connectivity index (χ3v) is 4.69. The summed E-state index contributed by atoms with van der Waals surface area (Å²) in [5.41, 5.74) is 1.70. The number of carbonyl (C=O) groups is 2. The predicted octanol–water partition coefficient (Wildman–Crippen LogP) is 2.33. The summed E-state index contributed by atoms with van der Waals surface area (Å²) in [6, 6.07) is 3.09. The van der Waals surface area contributed by atoms with Crippen molar-refractivity contribution < 1.29 is 18.5 Å². The molecule has 3 rings (SSSR count). The quantitative estimate of drug-likeness (QED) is 0.903. The molecule has 0 radical (unpaired) electrons. The maximum Gasteiger partial charge on any atom is 0.317 e. The van der Waals surface area contributed by atoms with Crippen LogP contribution >= 0.6 is 0 Å². The van der Waals surface area contributed by atoms with E-state index >= 15 is 0 Å². The highest BCUT2D eigenvalue weighted by molar-refractivity contribution is 5.91. The zero-order valence-electron chi connectivity index (χ0n) is 15.3. The third-order valence-electron chi connectivity index (χ3n) is 4.69. The highest BCUT2D eigenvalue weighted by Gasteiger charge is 2.27. The maximum absolute atomic E-state index is 12.5. The zero-order chi connectivity index (χ0) is 18.7. The summed E-state index contributed by atoms with van der Waals surface area (Å²) in [6.07, 6.45) is 3.16. The minimum Gasteiger partial charge on any atom is -0.459 e. The Hall–Kier alpha value is -2.77. The Morgan fingerprint density at radius 3 is 2.88 bits per heavy atom. The van der Waals surface area contributed by atoms with Crippen LogP contribution in [-0.2, 0) is 6.54 Å². The molecule has 8 heteroatoms. The van der Waals surface area contributed by atoms with Crippen LogP contribution in [0.4, 0.5) is 4.79 Å². The molecular formula is C18H24N4O4. The average Bonchev–Trinajstić information content (AvgIpc) is 3.27. The fourth-order valence-corrected chi connectivity index (χ4v) is 3.16. The van der Waals surface area contributed by atoms with Gasteiger partial charge >= 0.3 is 6.03 Å². The van der Waals surface area contributed by atoms with E-state index in [1.807, 2.05) is 13.8 Å². The van der Waals surface area contributed by atoms with Gasteiger partial charge < -0.3 is 24.1 Å². The van der Waals surface area contributed by atoms with Crippen molar-refractivity contribution in [3.63, 3.8) is 0 Å². The normalized spacial score (nSPS) is 17.2. The predicted molar refractivity (Wildman–Crippen MR) is 93.6 cm³/mol. The molecule has 0 aliphatic carbocycles. The SMILES string of the molecule is Cc1noc(C)c1CN(C)C(=O)N[C@H]1CCCN(C(=O)c2ccco2)C1. The van der Waals surface area contributed by atoms with Gasteiger partial charge in [0.15, 0.2) is 5.76 Å². The molecule has 0 bridgehead atoms. The molecule has 140 valence electrons. The van der Waals surface area contributed by atoms with E-state index in [1.54, 1.807) is 29.0 Å². The number of nitrogens with one attached hydrogen (secondary N) is 1. The first-order chi connectivity index (χ1) is 12.5. The Bertz CT molecular complexity index is 749. The summed E-state index contributed by atoms with van der Waals surface area (Å²) in [7, 11) is 1.73. The van der Waals surface area contributed by atoms with Crippen LogP contribution in [0, 0.1) is 13.8 Å². The van der Waals surface area contributed by atoms with Gasteiger partial charge in [-0.2, -0.15) is 0 Å². The average molecular weight is 360 g/mol. The van der Waals surface area contributed by atoms with E-state index < -0.39 is 0 Å². The lowest BCUT2D eigenvalue weighted by Gasteiger charge is -2.33.